The molecule has 0 atom stereocenters. The monoisotopic (exact) mass is 161 g/mol. The molecule has 0 radical (unpaired) electrons. The van der Waals surface area contributed by atoms with Crippen LogP contribution in [0.25, 0.3) is 0 Å². The molecule has 0 aliphatic rings. The van der Waals surface area contributed by atoms with Crippen LogP contribution in [-0.2, 0) is 9.53 Å². The van der Waals surface area contributed by atoms with E-state index in [1.54, 1.807) is 0 Å². The van der Waals surface area contributed by atoms with Crippen LogP contribution in [0.15, 0.2) is 0 Å². The predicted octanol–water partition coefficient (Wildman–Crippen LogP) is 1.31. The van der Waals surface area contributed by atoms with Crippen LogP contribution < -0.4 is 5.73 Å². The average Bonchev–Trinajstić information content (AvgIpc) is 1.91. The number of nitrogens with two attached hydrogens (primary N) is 1. The number of esters is 1. The minimum atomic E-state index is -0.215. The van der Waals surface area contributed by atoms with Crippen LogP contribution >= 0.6 is 0 Å². The lowest BCUT2D eigenvalue weighted by molar-refractivity contribution is -0.147. The second-order valence-electron chi connectivity index (χ2n) is 2.08. The molecule has 0 aromatic rings. The van der Waals surface area contributed by atoms with E-state index in [9.17, 15) is 4.79 Å². The molecule has 3 nitrogen and oxygen atoms in total. The van der Waals surface area contributed by atoms with Crippen molar-refractivity contribution in [1.29, 1.82) is 0 Å². The second kappa shape index (κ2) is 9.43. The highest BCUT2D eigenvalue weighted by atomic mass is 16.5. The fourth-order valence-corrected chi connectivity index (χ4v) is 0.440. The molecule has 0 saturated heterocycles. The first kappa shape index (κ1) is 13.1. The van der Waals surface area contributed by atoms with Gasteiger partial charge in [-0.05, 0) is 13.8 Å². The molecule has 0 spiro atoms. The zero-order valence-electron chi connectivity index (χ0n) is 7.89. The van der Waals surface area contributed by atoms with Crippen molar-refractivity contribution in [2.24, 2.45) is 5.73 Å². The van der Waals surface area contributed by atoms with Gasteiger partial charge in [0.2, 0.25) is 0 Å². The predicted molar refractivity (Wildman–Crippen MR) is 46.2 cm³/mol. The van der Waals surface area contributed by atoms with E-state index >= 15 is 0 Å². The lowest BCUT2D eigenvalue weighted by Crippen LogP contribution is -2.15. The molecule has 0 fully saturated rings. The van der Waals surface area contributed by atoms with Crippen LogP contribution in [0, 0.1) is 0 Å². The van der Waals surface area contributed by atoms with E-state index in [0.717, 1.165) is 0 Å². The summed E-state index contributed by atoms with van der Waals surface area (Å²) in [6.45, 7) is 7.99. The zero-order chi connectivity index (χ0) is 9.28. The maximum Gasteiger partial charge on any atom is 0.307 e. The van der Waals surface area contributed by atoms with Crippen molar-refractivity contribution in [3.8, 4) is 0 Å². The SMILES string of the molecule is CC.CC(C)OC(=O)CCN. The van der Waals surface area contributed by atoms with Crippen molar-refractivity contribution in [1.82, 2.24) is 0 Å². The van der Waals surface area contributed by atoms with Crippen molar-refractivity contribution in [3.05, 3.63) is 0 Å². The van der Waals surface area contributed by atoms with Gasteiger partial charge in [0.15, 0.2) is 0 Å². The summed E-state index contributed by atoms with van der Waals surface area (Å²) in [4.78, 5) is 10.6. The molecule has 0 amide bonds. The van der Waals surface area contributed by atoms with E-state index < -0.39 is 0 Å². The van der Waals surface area contributed by atoms with Gasteiger partial charge in [0.05, 0.1) is 12.5 Å². The van der Waals surface area contributed by atoms with E-state index in [1.165, 1.54) is 0 Å². The summed E-state index contributed by atoms with van der Waals surface area (Å²) in [6.07, 6.45) is 0.294. The van der Waals surface area contributed by atoms with Gasteiger partial charge in [0, 0.05) is 6.54 Å². The summed E-state index contributed by atoms with van der Waals surface area (Å²) in [5, 5.41) is 0. The van der Waals surface area contributed by atoms with Crippen molar-refractivity contribution >= 4 is 5.97 Å². The first-order chi connectivity index (χ1) is 5.16. The van der Waals surface area contributed by atoms with Crippen LogP contribution in [0.2, 0.25) is 0 Å². The Kier molecular flexibility index (Phi) is 11.2. The third kappa shape index (κ3) is 12.6. The van der Waals surface area contributed by atoms with Gasteiger partial charge < -0.3 is 10.5 Å². The average molecular weight is 161 g/mol. The Hall–Kier alpha value is -0.570. The molecule has 0 aliphatic heterocycles. The molecule has 11 heavy (non-hydrogen) atoms. The molecular formula is C8H19NO2. The molecule has 0 aromatic heterocycles. The van der Waals surface area contributed by atoms with Gasteiger partial charge in [0.25, 0.3) is 0 Å². The Labute approximate surface area is 68.9 Å². The highest BCUT2D eigenvalue weighted by Crippen LogP contribution is 1.90. The van der Waals surface area contributed by atoms with Crippen LogP contribution in [-0.4, -0.2) is 18.6 Å². The highest BCUT2D eigenvalue weighted by molar-refractivity contribution is 5.69. The third-order valence-corrected chi connectivity index (χ3v) is 0.716. The van der Waals surface area contributed by atoms with Gasteiger partial charge in [-0.15, -0.1) is 0 Å². The number of carbonyl (C=O) groups is 1. The van der Waals surface area contributed by atoms with E-state index in [4.69, 9.17) is 10.5 Å². The maximum atomic E-state index is 10.6. The Balaban J connectivity index is 0. The number of hydrogen-bond acceptors (Lipinski definition) is 3. The van der Waals surface area contributed by atoms with Gasteiger partial charge >= 0.3 is 5.97 Å². The molecule has 0 rings (SSSR count). The van der Waals surface area contributed by atoms with E-state index in [-0.39, 0.29) is 12.1 Å². The van der Waals surface area contributed by atoms with Crippen molar-refractivity contribution in [3.63, 3.8) is 0 Å². The van der Waals surface area contributed by atoms with Gasteiger partial charge in [-0.1, -0.05) is 13.8 Å². The summed E-state index contributed by atoms with van der Waals surface area (Å²) in [5.74, 6) is -0.215. The molecule has 0 aliphatic carbocycles. The molecule has 0 bridgehead atoms. The van der Waals surface area contributed by atoms with Crippen LogP contribution in [0.1, 0.15) is 34.1 Å². The first-order valence-corrected chi connectivity index (χ1v) is 4.06. The molecule has 68 valence electrons. The normalized spacial score (nSPS) is 8.55. The zero-order valence-corrected chi connectivity index (χ0v) is 7.89. The van der Waals surface area contributed by atoms with E-state index in [2.05, 4.69) is 0 Å². The lowest BCUT2D eigenvalue weighted by atomic mass is 10.4. The molecule has 0 heterocycles. The number of carbonyl (C=O) groups excluding carboxylic acids is 1. The third-order valence-electron chi connectivity index (χ3n) is 0.716. The summed E-state index contributed by atoms with van der Waals surface area (Å²) < 4.78 is 4.77. The molecule has 0 aromatic carbocycles. The van der Waals surface area contributed by atoms with E-state index in [0.29, 0.717) is 13.0 Å². The van der Waals surface area contributed by atoms with Crippen LogP contribution in [0.5, 0.6) is 0 Å². The van der Waals surface area contributed by atoms with Gasteiger partial charge in [-0.2, -0.15) is 0 Å². The molecule has 3 heteroatoms. The largest absolute Gasteiger partial charge is 0.463 e. The molecule has 0 unspecified atom stereocenters. The van der Waals surface area contributed by atoms with Crippen molar-refractivity contribution in [2.75, 3.05) is 6.54 Å². The summed E-state index contributed by atoms with van der Waals surface area (Å²) >= 11 is 0. The van der Waals surface area contributed by atoms with Crippen molar-refractivity contribution in [2.45, 2.75) is 40.2 Å². The fraction of sp³-hybridized carbons (Fsp3) is 0.875. The topological polar surface area (TPSA) is 52.3 Å². The smallest absolute Gasteiger partial charge is 0.307 e. The molecule has 0 saturated carbocycles. The number of ether oxygens (including phenoxy) is 1. The van der Waals surface area contributed by atoms with Crippen molar-refractivity contribution < 1.29 is 9.53 Å². The lowest BCUT2D eigenvalue weighted by Gasteiger charge is -2.05. The summed E-state index contributed by atoms with van der Waals surface area (Å²) in [7, 11) is 0. The summed E-state index contributed by atoms with van der Waals surface area (Å²) in [5.41, 5.74) is 5.10. The molecule has 2 N–H and O–H groups in total. The molecular weight excluding hydrogens is 142 g/mol. The standard InChI is InChI=1S/C6H13NO2.C2H6/c1-5(2)9-6(8)3-4-7;1-2/h5H,3-4,7H2,1-2H3;1-2H3. The Bertz CT molecular complexity index is 92.1. The minimum Gasteiger partial charge on any atom is -0.463 e. The number of hydrogen-bond donors (Lipinski definition) is 1. The van der Waals surface area contributed by atoms with Gasteiger partial charge in [-0.25, -0.2) is 0 Å². The minimum absolute atomic E-state index is 0.0240. The quantitative estimate of drug-likeness (QED) is 0.635. The Morgan fingerprint density at radius 1 is 1.45 bits per heavy atom. The van der Waals surface area contributed by atoms with Crippen LogP contribution in [0.4, 0.5) is 0 Å². The fourth-order valence-electron chi connectivity index (χ4n) is 0.440. The van der Waals surface area contributed by atoms with Crippen LogP contribution in [0.3, 0.4) is 0 Å². The maximum absolute atomic E-state index is 10.6. The van der Waals surface area contributed by atoms with Gasteiger partial charge in [0.1, 0.15) is 0 Å². The summed E-state index contributed by atoms with van der Waals surface area (Å²) in [6, 6.07) is 0. The Morgan fingerprint density at radius 2 is 1.91 bits per heavy atom. The van der Waals surface area contributed by atoms with Gasteiger partial charge in [-0.3, -0.25) is 4.79 Å². The second-order valence-corrected chi connectivity index (χ2v) is 2.08. The number of rotatable bonds is 3. The Morgan fingerprint density at radius 3 is 2.18 bits per heavy atom. The van der Waals surface area contributed by atoms with E-state index in [1.807, 2.05) is 27.7 Å². The first-order valence-electron chi connectivity index (χ1n) is 4.06. The highest BCUT2D eigenvalue weighted by Gasteiger charge is 2.01.